The largest absolute Gasteiger partial charge is 0.378 e. The molecule has 0 spiro atoms. The fourth-order valence-electron chi connectivity index (χ4n) is 2.22. The lowest BCUT2D eigenvalue weighted by Gasteiger charge is -2.23. The smallest absolute Gasteiger partial charge is 0.245 e. The number of hydrogen-bond donors (Lipinski definition) is 1. The molecule has 0 bridgehead atoms. The number of carbonyl (C=O) groups is 1. The number of hydrogen-bond acceptors (Lipinski definition) is 4. The minimum absolute atomic E-state index is 0.0327. The van der Waals surface area contributed by atoms with Crippen molar-refractivity contribution in [1.29, 1.82) is 0 Å². The van der Waals surface area contributed by atoms with Crippen molar-refractivity contribution in [3.63, 3.8) is 0 Å². The van der Waals surface area contributed by atoms with Gasteiger partial charge in [-0.05, 0) is 36.4 Å². The first-order valence-electron chi connectivity index (χ1n) is 7.58. The number of benzene rings is 2. The van der Waals surface area contributed by atoms with Crippen molar-refractivity contribution in [3.8, 4) is 0 Å². The zero-order chi connectivity index (χ0) is 19.5. The van der Waals surface area contributed by atoms with Gasteiger partial charge in [-0.25, -0.2) is 17.2 Å². The second kappa shape index (κ2) is 7.69. The first kappa shape index (κ1) is 19.6. The highest BCUT2D eigenvalue weighted by Gasteiger charge is 2.21. The summed E-state index contributed by atoms with van der Waals surface area (Å²) >= 11 is 0. The Morgan fingerprint density at radius 1 is 1.00 bits per heavy atom. The molecule has 0 aliphatic carbocycles. The van der Waals surface area contributed by atoms with E-state index in [4.69, 9.17) is 0 Å². The van der Waals surface area contributed by atoms with Gasteiger partial charge in [0, 0.05) is 31.5 Å². The van der Waals surface area contributed by atoms with Gasteiger partial charge in [-0.3, -0.25) is 9.10 Å². The van der Waals surface area contributed by atoms with Crippen LogP contribution in [0, 0.1) is 11.6 Å². The molecule has 26 heavy (non-hydrogen) atoms. The fourth-order valence-corrected chi connectivity index (χ4v) is 3.08. The Labute approximate surface area is 151 Å². The summed E-state index contributed by atoms with van der Waals surface area (Å²) in [6.45, 7) is -0.501. The molecule has 0 saturated carbocycles. The van der Waals surface area contributed by atoms with E-state index in [0.717, 1.165) is 28.4 Å². The molecule has 0 aliphatic rings. The molecule has 0 aromatic heterocycles. The van der Waals surface area contributed by atoms with E-state index in [2.05, 4.69) is 5.32 Å². The van der Waals surface area contributed by atoms with E-state index in [1.807, 2.05) is 19.0 Å². The third kappa shape index (κ3) is 4.92. The van der Waals surface area contributed by atoms with Crippen LogP contribution < -0.4 is 14.5 Å². The van der Waals surface area contributed by atoms with Crippen LogP contribution in [-0.4, -0.2) is 41.2 Å². The van der Waals surface area contributed by atoms with E-state index in [-0.39, 0.29) is 5.69 Å². The maximum absolute atomic E-state index is 13.2. The lowest BCUT2D eigenvalue weighted by Crippen LogP contribution is -2.37. The average molecular weight is 383 g/mol. The number of halogens is 2. The van der Waals surface area contributed by atoms with Gasteiger partial charge in [-0.1, -0.05) is 0 Å². The molecule has 2 aromatic rings. The summed E-state index contributed by atoms with van der Waals surface area (Å²) in [4.78, 5) is 14.0. The van der Waals surface area contributed by atoms with Gasteiger partial charge < -0.3 is 10.2 Å². The minimum Gasteiger partial charge on any atom is -0.378 e. The lowest BCUT2D eigenvalue weighted by atomic mass is 10.2. The molecular formula is C17H19F2N3O3S. The Morgan fingerprint density at radius 3 is 2.08 bits per heavy atom. The highest BCUT2D eigenvalue weighted by molar-refractivity contribution is 7.92. The lowest BCUT2D eigenvalue weighted by molar-refractivity contribution is -0.114. The number of amides is 1. The van der Waals surface area contributed by atoms with E-state index in [9.17, 15) is 22.0 Å². The number of nitrogens with one attached hydrogen (secondary N) is 1. The Morgan fingerprint density at radius 2 is 1.58 bits per heavy atom. The van der Waals surface area contributed by atoms with Crippen molar-refractivity contribution < 1.29 is 22.0 Å². The molecule has 6 nitrogen and oxygen atoms in total. The second-order valence-electron chi connectivity index (χ2n) is 5.86. The monoisotopic (exact) mass is 383 g/mol. The van der Waals surface area contributed by atoms with Crippen LogP contribution in [0.4, 0.5) is 25.8 Å². The topological polar surface area (TPSA) is 69.7 Å². The van der Waals surface area contributed by atoms with Crippen LogP contribution in [0.5, 0.6) is 0 Å². The molecule has 0 heterocycles. The number of anilines is 3. The van der Waals surface area contributed by atoms with Crippen LogP contribution in [-0.2, 0) is 14.8 Å². The molecule has 9 heteroatoms. The predicted molar refractivity (Wildman–Crippen MR) is 97.9 cm³/mol. The van der Waals surface area contributed by atoms with Crippen molar-refractivity contribution in [2.24, 2.45) is 0 Å². The second-order valence-corrected chi connectivity index (χ2v) is 7.76. The maximum Gasteiger partial charge on any atom is 0.245 e. The average Bonchev–Trinajstić information content (AvgIpc) is 2.55. The van der Waals surface area contributed by atoms with Crippen molar-refractivity contribution >= 4 is 33.0 Å². The van der Waals surface area contributed by atoms with Crippen LogP contribution in [0.25, 0.3) is 0 Å². The summed E-state index contributed by atoms with van der Waals surface area (Å²) < 4.78 is 51.2. The van der Waals surface area contributed by atoms with E-state index < -0.39 is 34.1 Å². The van der Waals surface area contributed by atoms with E-state index >= 15 is 0 Å². The molecule has 1 N–H and O–H groups in total. The van der Waals surface area contributed by atoms with E-state index in [0.29, 0.717) is 5.69 Å². The van der Waals surface area contributed by atoms with Gasteiger partial charge in [0.2, 0.25) is 15.9 Å². The van der Waals surface area contributed by atoms with Gasteiger partial charge in [0.25, 0.3) is 0 Å². The first-order chi connectivity index (χ1) is 12.1. The summed E-state index contributed by atoms with van der Waals surface area (Å²) in [6, 6.07) is 9.50. The van der Waals surface area contributed by atoms with Crippen LogP contribution in [0.15, 0.2) is 42.5 Å². The minimum atomic E-state index is -3.73. The van der Waals surface area contributed by atoms with Crippen molar-refractivity contribution in [2.45, 2.75) is 0 Å². The summed E-state index contributed by atoms with van der Waals surface area (Å²) in [6.07, 6.45) is 0.984. The SMILES string of the molecule is CN(C)c1ccc(N(CC(=O)Nc2ccc(F)c(F)c2)S(C)(=O)=O)cc1. The highest BCUT2D eigenvalue weighted by atomic mass is 32.2. The summed E-state index contributed by atoms with van der Waals surface area (Å²) in [5.74, 6) is -2.83. The van der Waals surface area contributed by atoms with Gasteiger partial charge in [-0.2, -0.15) is 0 Å². The van der Waals surface area contributed by atoms with Crippen molar-refractivity contribution in [1.82, 2.24) is 0 Å². The van der Waals surface area contributed by atoms with Gasteiger partial charge in [0.15, 0.2) is 11.6 Å². The molecule has 2 aromatic carbocycles. The summed E-state index contributed by atoms with van der Waals surface area (Å²) in [5.41, 5.74) is 1.22. The molecule has 0 fully saturated rings. The van der Waals surface area contributed by atoms with E-state index in [1.165, 1.54) is 6.07 Å². The molecule has 140 valence electrons. The molecule has 0 unspecified atom stereocenters. The molecule has 2 rings (SSSR count). The zero-order valence-electron chi connectivity index (χ0n) is 14.5. The summed E-state index contributed by atoms with van der Waals surface area (Å²) in [5, 5.41) is 2.35. The number of sulfonamides is 1. The molecule has 0 radical (unpaired) electrons. The van der Waals surface area contributed by atoms with Gasteiger partial charge >= 0.3 is 0 Å². The third-order valence-corrected chi connectivity index (χ3v) is 4.69. The summed E-state index contributed by atoms with van der Waals surface area (Å²) in [7, 11) is -0.0368. The Kier molecular flexibility index (Phi) is 5.81. The van der Waals surface area contributed by atoms with Crippen LogP contribution >= 0.6 is 0 Å². The quantitative estimate of drug-likeness (QED) is 0.832. The predicted octanol–water partition coefficient (Wildman–Crippen LogP) is 2.44. The Balaban J connectivity index is 2.19. The molecule has 0 atom stereocenters. The molecule has 0 aliphatic heterocycles. The van der Waals surface area contributed by atoms with Crippen molar-refractivity contribution in [2.75, 3.05) is 41.4 Å². The zero-order valence-corrected chi connectivity index (χ0v) is 15.3. The molecular weight excluding hydrogens is 364 g/mol. The Bertz CT molecular complexity index is 900. The highest BCUT2D eigenvalue weighted by Crippen LogP contribution is 2.22. The van der Waals surface area contributed by atoms with E-state index in [1.54, 1.807) is 24.3 Å². The van der Waals surface area contributed by atoms with Crippen molar-refractivity contribution in [3.05, 3.63) is 54.1 Å². The fraction of sp³-hybridized carbons (Fsp3) is 0.235. The standard InChI is InChI=1S/C17H19F2N3O3S/c1-21(2)13-5-7-14(8-6-13)22(26(3,24)25)11-17(23)20-12-4-9-15(18)16(19)10-12/h4-10H,11H2,1-3H3,(H,20,23). The van der Waals surface area contributed by atoms with Gasteiger partial charge in [0.1, 0.15) is 6.54 Å². The number of rotatable bonds is 6. The number of nitrogens with zero attached hydrogens (tertiary/aromatic N) is 2. The molecule has 0 saturated heterocycles. The number of carbonyl (C=O) groups excluding carboxylic acids is 1. The third-order valence-electron chi connectivity index (χ3n) is 3.54. The normalized spacial score (nSPS) is 11.1. The van der Waals surface area contributed by atoms with Crippen LogP contribution in [0.1, 0.15) is 0 Å². The van der Waals surface area contributed by atoms with Crippen LogP contribution in [0.2, 0.25) is 0 Å². The van der Waals surface area contributed by atoms with Gasteiger partial charge in [0.05, 0.1) is 11.9 Å². The van der Waals surface area contributed by atoms with Crippen LogP contribution in [0.3, 0.4) is 0 Å². The first-order valence-corrected chi connectivity index (χ1v) is 9.43. The molecule has 1 amide bonds. The maximum atomic E-state index is 13.2. The Hall–Kier alpha value is -2.68. The van der Waals surface area contributed by atoms with Gasteiger partial charge in [-0.15, -0.1) is 0 Å².